The largest absolute Gasteiger partial charge is 0.494 e. The van der Waals surface area contributed by atoms with Crippen LogP contribution in [-0.4, -0.2) is 51.1 Å². The minimum atomic E-state index is -0.456. The van der Waals surface area contributed by atoms with Crippen molar-refractivity contribution >= 4 is 11.9 Å². The normalized spacial score (nSPS) is 14.1. The zero-order valence-electron chi connectivity index (χ0n) is 30.6. The topological polar surface area (TPSA) is 80.3 Å². The molecule has 0 unspecified atom stereocenters. The van der Waals surface area contributed by atoms with Crippen molar-refractivity contribution in [3.05, 3.63) is 83.9 Å². The lowest BCUT2D eigenvalue weighted by molar-refractivity contribution is -0.137. The number of unbranched alkanes of at least 4 members (excludes halogenated alkanes) is 10. The minimum Gasteiger partial charge on any atom is -0.494 e. The molecule has 7 nitrogen and oxygen atoms in total. The number of esters is 2. The van der Waals surface area contributed by atoms with E-state index in [9.17, 15) is 9.59 Å². The monoisotopic (exact) mass is 686 g/mol. The Morgan fingerprint density at radius 3 is 1.78 bits per heavy atom. The highest BCUT2D eigenvalue weighted by Gasteiger charge is 2.33. The first-order valence-corrected chi connectivity index (χ1v) is 18.9. The number of carbonyl (C=O) groups is 2. The highest BCUT2D eigenvalue weighted by molar-refractivity contribution is 5.92. The lowest BCUT2D eigenvalue weighted by Crippen LogP contribution is -2.43. The summed E-state index contributed by atoms with van der Waals surface area (Å²) < 4.78 is 28.2. The molecule has 1 aliphatic rings. The van der Waals surface area contributed by atoms with Crippen molar-refractivity contribution in [3.8, 4) is 22.6 Å². The molecule has 0 aliphatic carbocycles. The maximum Gasteiger partial charge on any atom is 0.343 e. The van der Waals surface area contributed by atoms with Crippen LogP contribution in [0.4, 0.5) is 0 Å². The van der Waals surface area contributed by atoms with Crippen molar-refractivity contribution in [2.24, 2.45) is 5.41 Å². The molecule has 0 spiro atoms. The van der Waals surface area contributed by atoms with Crippen LogP contribution in [0.1, 0.15) is 125 Å². The summed E-state index contributed by atoms with van der Waals surface area (Å²) in [7, 11) is 0. The van der Waals surface area contributed by atoms with E-state index in [0.29, 0.717) is 16.9 Å². The van der Waals surface area contributed by atoms with Gasteiger partial charge < -0.3 is 23.7 Å². The number of carbonyl (C=O) groups excluding carboxylic acids is 2. The van der Waals surface area contributed by atoms with Crippen LogP contribution < -0.4 is 9.47 Å². The molecule has 0 bridgehead atoms. The second-order valence-electron chi connectivity index (χ2n) is 14.1. The van der Waals surface area contributed by atoms with Crippen molar-refractivity contribution < 1.29 is 33.3 Å². The van der Waals surface area contributed by atoms with Crippen LogP contribution in [0.3, 0.4) is 0 Å². The summed E-state index contributed by atoms with van der Waals surface area (Å²) in [5.74, 6) is 0.418. The number of hydrogen-bond donors (Lipinski definition) is 0. The van der Waals surface area contributed by atoms with Gasteiger partial charge in [-0.05, 0) is 92.3 Å². The Morgan fingerprint density at radius 2 is 1.18 bits per heavy atom. The van der Waals surface area contributed by atoms with Gasteiger partial charge in [-0.1, -0.05) is 95.9 Å². The smallest absolute Gasteiger partial charge is 0.343 e. The lowest BCUT2D eigenvalue weighted by atomic mass is 9.90. The third kappa shape index (κ3) is 13.9. The molecule has 0 aromatic heterocycles. The molecule has 272 valence electrons. The molecule has 0 saturated carbocycles. The molecule has 4 rings (SSSR count). The predicted octanol–water partition coefficient (Wildman–Crippen LogP) is 10.6. The molecular formula is C43H58O7. The van der Waals surface area contributed by atoms with E-state index in [1.54, 1.807) is 36.4 Å². The van der Waals surface area contributed by atoms with Gasteiger partial charge in [0, 0.05) is 12.0 Å². The van der Waals surface area contributed by atoms with Gasteiger partial charge in [0.1, 0.15) is 11.5 Å². The lowest BCUT2D eigenvalue weighted by Gasteiger charge is -2.37. The van der Waals surface area contributed by atoms with Gasteiger partial charge >= 0.3 is 11.9 Å². The molecule has 1 heterocycles. The Kier molecular flexibility index (Phi) is 16.8. The van der Waals surface area contributed by atoms with E-state index in [0.717, 1.165) is 82.0 Å². The van der Waals surface area contributed by atoms with E-state index in [2.05, 4.69) is 13.8 Å². The third-order valence-corrected chi connectivity index (χ3v) is 9.18. The van der Waals surface area contributed by atoms with Gasteiger partial charge in [0.05, 0.1) is 43.7 Å². The molecular weight excluding hydrogens is 628 g/mol. The molecule has 1 fully saturated rings. The van der Waals surface area contributed by atoms with Gasteiger partial charge in [-0.15, -0.1) is 0 Å². The molecule has 1 saturated heterocycles. The van der Waals surface area contributed by atoms with Gasteiger partial charge in [-0.25, -0.2) is 9.59 Å². The fourth-order valence-corrected chi connectivity index (χ4v) is 5.94. The van der Waals surface area contributed by atoms with Gasteiger partial charge in [0.15, 0.2) is 0 Å². The van der Waals surface area contributed by atoms with Crippen LogP contribution in [0.5, 0.6) is 11.5 Å². The first-order valence-electron chi connectivity index (χ1n) is 18.9. The Hall–Kier alpha value is -3.68. The fraction of sp³-hybridized carbons (Fsp3) is 0.535. The van der Waals surface area contributed by atoms with Gasteiger partial charge in [-0.2, -0.15) is 0 Å². The van der Waals surface area contributed by atoms with Crippen molar-refractivity contribution in [3.63, 3.8) is 0 Å². The number of ether oxygens (including phenoxy) is 5. The first kappa shape index (κ1) is 39.1. The summed E-state index contributed by atoms with van der Waals surface area (Å²) in [6.07, 6.45) is 15.1. The molecule has 3 aromatic carbocycles. The molecule has 7 heteroatoms. The first-order chi connectivity index (χ1) is 24.3. The average Bonchev–Trinajstić information content (AvgIpc) is 3.12. The van der Waals surface area contributed by atoms with Crippen LogP contribution in [0, 0.1) is 5.41 Å². The van der Waals surface area contributed by atoms with E-state index < -0.39 is 5.97 Å². The Balaban J connectivity index is 1.07. The maximum atomic E-state index is 12.8. The predicted molar refractivity (Wildman–Crippen MR) is 199 cm³/mol. The summed E-state index contributed by atoms with van der Waals surface area (Å²) in [5, 5.41) is 0. The second-order valence-corrected chi connectivity index (χ2v) is 14.1. The van der Waals surface area contributed by atoms with Crippen LogP contribution in [-0.2, 0) is 14.2 Å². The highest BCUT2D eigenvalue weighted by Crippen LogP contribution is 2.27. The molecule has 0 amide bonds. The third-order valence-electron chi connectivity index (χ3n) is 9.18. The summed E-state index contributed by atoms with van der Waals surface area (Å²) >= 11 is 0. The van der Waals surface area contributed by atoms with Crippen molar-refractivity contribution in [2.45, 2.75) is 110 Å². The van der Waals surface area contributed by atoms with Crippen molar-refractivity contribution in [1.29, 1.82) is 0 Å². The van der Waals surface area contributed by atoms with E-state index in [4.69, 9.17) is 23.7 Å². The summed E-state index contributed by atoms with van der Waals surface area (Å²) in [6, 6.07) is 21.9. The SMILES string of the molecule is CCCCCC[C@@H](C)OC(=O)c1ccc(OC(=O)c2ccc(-c3ccc(OCCCCCCCCCCOCC4(C)COC4)cc3)cc2)cc1. The maximum absolute atomic E-state index is 12.8. The van der Waals surface area contributed by atoms with E-state index >= 15 is 0 Å². The summed E-state index contributed by atoms with van der Waals surface area (Å²) in [5.41, 5.74) is 3.19. The van der Waals surface area contributed by atoms with Crippen LogP contribution in [0.15, 0.2) is 72.8 Å². The quantitative estimate of drug-likeness (QED) is 0.0527. The van der Waals surface area contributed by atoms with Crippen LogP contribution in [0.2, 0.25) is 0 Å². The van der Waals surface area contributed by atoms with E-state index in [-0.39, 0.29) is 17.5 Å². The summed E-state index contributed by atoms with van der Waals surface area (Å²) in [6.45, 7) is 10.4. The fourth-order valence-electron chi connectivity index (χ4n) is 5.94. The highest BCUT2D eigenvalue weighted by atomic mass is 16.5. The number of rotatable bonds is 24. The molecule has 0 N–H and O–H groups in total. The Morgan fingerprint density at radius 1 is 0.660 bits per heavy atom. The van der Waals surface area contributed by atoms with Crippen molar-refractivity contribution in [1.82, 2.24) is 0 Å². The molecule has 1 aliphatic heterocycles. The molecule has 3 aromatic rings. The Bertz CT molecular complexity index is 1390. The molecule has 1 atom stereocenters. The number of hydrogen-bond acceptors (Lipinski definition) is 7. The second kappa shape index (κ2) is 21.5. The standard InChI is InChI=1S/C43H58O7/c1-4-5-6-13-16-34(2)49-41(44)38-23-27-40(28-24-38)50-42(45)37-19-17-35(18-20-37)36-21-25-39(26-22-36)48-30-15-12-10-8-7-9-11-14-29-46-31-43(3)32-47-33-43/h17-28,34H,4-16,29-33H2,1-3H3/t34-/m1/s1. The zero-order chi connectivity index (χ0) is 35.4. The minimum absolute atomic E-state index is 0.129. The number of benzene rings is 3. The van der Waals surface area contributed by atoms with Gasteiger partial charge in [0.2, 0.25) is 0 Å². The zero-order valence-corrected chi connectivity index (χ0v) is 30.6. The van der Waals surface area contributed by atoms with E-state index in [1.807, 2.05) is 43.3 Å². The molecule has 50 heavy (non-hydrogen) atoms. The van der Waals surface area contributed by atoms with Crippen LogP contribution in [0.25, 0.3) is 11.1 Å². The van der Waals surface area contributed by atoms with Crippen molar-refractivity contribution in [2.75, 3.05) is 33.0 Å². The molecule has 0 radical (unpaired) electrons. The van der Waals surface area contributed by atoms with Crippen LogP contribution >= 0.6 is 0 Å². The summed E-state index contributed by atoms with van der Waals surface area (Å²) in [4.78, 5) is 25.3. The van der Waals surface area contributed by atoms with E-state index in [1.165, 1.54) is 51.4 Å². The Labute approximate surface area is 300 Å². The van der Waals surface area contributed by atoms with Gasteiger partial charge in [0.25, 0.3) is 0 Å². The average molecular weight is 687 g/mol. The van der Waals surface area contributed by atoms with Gasteiger partial charge in [-0.3, -0.25) is 0 Å².